The summed E-state index contributed by atoms with van der Waals surface area (Å²) in [5.41, 5.74) is 0.134. The second kappa shape index (κ2) is 6.47. The van der Waals surface area contributed by atoms with Crippen LogP contribution in [-0.2, 0) is 0 Å². The van der Waals surface area contributed by atoms with Gasteiger partial charge in [0.2, 0.25) is 0 Å². The van der Waals surface area contributed by atoms with E-state index in [1.165, 1.54) is 24.3 Å². The summed E-state index contributed by atoms with van der Waals surface area (Å²) in [4.78, 5) is 22.3. The maximum atomic E-state index is 12.1. The number of nitro benzene ring substituents is 1. The second-order valence-electron chi connectivity index (χ2n) is 5.09. The largest absolute Gasteiger partial charge is 0.391 e. The molecule has 1 fully saturated rings. The zero-order valence-corrected chi connectivity index (χ0v) is 11.1. The number of nitrogens with zero attached hydrogens (tertiary/aromatic N) is 1. The molecule has 6 heteroatoms. The maximum absolute atomic E-state index is 12.1. The van der Waals surface area contributed by atoms with Gasteiger partial charge in [0.25, 0.3) is 11.6 Å². The Bertz CT molecular complexity index is 504. The molecular formula is C14H18N2O4. The van der Waals surface area contributed by atoms with Crippen molar-refractivity contribution in [2.75, 3.05) is 0 Å². The van der Waals surface area contributed by atoms with Gasteiger partial charge >= 0.3 is 0 Å². The van der Waals surface area contributed by atoms with Gasteiger partial charge in [0.05, 0.1) is 17.1 Å². The molecule has 0 aromatic heterocycles. The standard InChI is InChI=1S/C14H18N2O4/c17-13-8-3-1-2-7-12(13)15-14(18)10-5-4-6-11(9-10)16(19)20/h4-6,9,12-13,17H,1-3,7-8H2,(H,15,18). The van der Waals surface area contributed by atoms with Gasteiger partial charge in [0.1, 0.15) is 0 Å². The van der Waals surface area contributed by atoms with Gasteiger partial charge in [-0.05, 0) is 18.9 Å². The third-order valence-corrected chi connectivity index (χ3v) is 3.62. The molecule has 0 aliphatic heterocycles. The van der Waals surface area contributed by atoms with Gasteiger partial charge in [-0.2, -0.15) is 0 Å². The number of carbonyl (C=O) groups is 1. The number of rotatable bonds is 3. The van der Waals surface area contributed by atoms with Crippen molar-refractivity contribution >= 4 is 11.6 Å². The number of non-ortho nitro benzene ring substituents is 1. The molecule has 2 unspecified atom stereocenters. The Kier molecular flexibility index (Phi) is 4.68. The number of aliphatic hydroxyl groups excluding tert-OH is 1. The van der Waals surface area contributed by atoms with E-state index in [1.54, 1.807) is 0 Å². The van der Waals surface area contributed by atoms with Crippen LogP contribution >= 0.6 is 0 Å². The first kappa shape index (κ1) is 14.5. The summed E-state index contributed by atoms with van der Waals surface area (Å²) in [6.07, 6.45) is 3.86. The molecule has 108 valence electrons. The van der Waals surface area contributed by atoms with E-state index < -0.39 is 11.0 Å². The number of aliphatic hydroxyl groups is 1. The van der Waals surface area contributed by atoms with Gasteiger partial charge in [-0.1, -0.05) is 25.3 Å². The van der Waals surface area contributed by atoms with Gasteiger partial charge in [0.15, 0.2) is 0 Å². The summed E-state index contributed by atoms with van der Waals surface area (Å²) in [5, 5.41) is 23.4. The van der Waals surface area contributed by atoms with E-state index in [-0.39, 0.29) is 23.2 Å². The van der Waals surface area contributed by atoms with Gasteiger partial charge in [-0.3, -0.25) is 14.9 Å². The van der Waals surface area contributed by atoms with Crippen molar-refractivity contribution in [3.63, 3.8) is 0 Å². The Morgan fingerprint density at radius 3 is 2.80 bits per heavy atom. The topological polar surface area (TPSA) is 92.5 Å². The quantitative estimate of drug-likeness (QED) is 0.502. The summed E-state index contributed by atoms with van der Waals surface area (Å²) in [7, 11) is 0. The normalized spacial score (nSPS) is 22.9. The summed E-state index contributed by atoms with van der Waals surface area (Å²) in [6, 6.07) is 5.33. The lowest BCUT2D eigenvalue weighted by atomic mass is 10.1. The summed E-state index contributed by atoms with van der Waals surface area (Å²) >= 11 is 0. The minimum absolute atomic E-state index is 0.112. The lowest BCUT2D eigenvalue weighted by Crippen LogP contribution is -2.42. The average molecular weight is 278 g/mol. The van der Waals surface area contributed by atoms with Crippen LogP contribution in [0.15, 0.2) is 24.3 Å². The molecule has 6 nitrogen and oxygen atoms in total. The highest BCUT2D eigenvalue weighted by Gasteiger charge is 2.24. The number of nitrogens with one attached hydrogen (secondary N) is 1. The van der Waals surface area contributed by atoms with E-state index in [2.05, 4.69) is 5.32 Å². The highest BCUT2D eigenvalue weighted by atomic mass is 16.6. The molecule has 1 aromatic carbocycles. The SMILES string of the molecule is O=C(NC1CCCCCC1O)c1cccc([N+](=O)[O-])c1. The van der Waals surface area contributed by atoms with Gasteiger partial charge < -0.3 is 10.4 Å². The molecule has 1 aromatic rings. The van der Waals surface area contributed by atoms with Crippen LogP contribution in [0, 0.1) is 10.1 Å². The molecule has 2 N–H and O–H groups in total. The summed E-state index contributed by atoms with van der Waals surface area (Å²) < 4.78 is 0. The maximum Gasteiger partial charge on any atom is 0.270 e. The number of carbonyl (C=O) groups excluding carboxylic acids is 1. The molecule has 0 bridgehead atoms. The van der Waals surface area contributed by atoms with E-state index in [4.69, 9.17) is 0 Å². The van der Waals surface area contributed by atoms with E-state index in [0.29, 0.717) is 6.42 Å². The molecule has 0 radical (unpaired) electrons. The molecule has 2 rings (SSSR count). The first-order chi connectivity index (χ1) is 9.58. The molecule has 1 amide bonds. The second-order valence-corrected chi connectivity index (χ2v) is 5.09. The number of benzene rings is 1. The van der Waals surface area contributed by atoms with Crippen molar-refractivity contribution in [3.8, 4) is 0 Å². The van der Waals surface area contributed by atoms with E-state index in [0.717, 1.165) is 25.7 Å². The number of hydrogen-bond donors (Lipinski definition) is 2. The lowest BCUT2D eigenvalue weighted by Gasteiger charge is -2.21. The number of amides is 1. The van der Waals surface area contributed by atoms with Crippen LogP contribution in [0.5, 0.6) is 0 Å². The number of nitro groups is 1. The molecule has 1 aliphatic carbocycles. The Morgan fingerprint density at radius 2 is 2.05 bits per heavy atom. The van der Waals surface area contributed by atoms with Crippen LogP contribution in [-0.4, -0.2) is 28.1 Å². The first-order valence-corrected chi connectivity index (χ1v) is 6.81. The molecule has 1 saturated carbocycles. The molecular weight excluding hydrogens is 260 g/mol. The minimum atomic E-state index is -0.542. The highest BCUT2D eigenvalue weighted by Crippen LogP contribution is 2.19. The Morgan fingerprint density at radius 1 is 1.30 bits per heavy atom. The van der Waals surface area contributed by atoms with Gasteiger partial charge in [-0.25, -0.2) is 0 Å². The third kappa shape index (κ3) is 3.54. The van der Waals surface area contributed by atoms with Crippen molar-refractivity contribution in [1.29, 1.82) is 0 Å². The predicted octanol–water partition coefficient (Wildman–Crippen LogP) is 2.02. The fourth-order valence-corrected chi connectivity index (χ4v) is 2.47. The smallest absolute Gasteiger partial charge is 0.270 e. The van der Waals surface area contributed by atoms with Crippen molar-refractivity contribution in [2.24, 2.45) is 0 Å². The van der Waals surface area contributed by atoms with Gasteiger partial charge in [0, 0.05) is 17.7 Å². The van der Waals surface area contributed by atoms with Crippen LogP contribution in [0.2, 0.25) is 0 Å². The number of hydrogen-bond acceptors (Lipinski definition) is 4. The van der Waals surface area contributed by atoms with Crippen molar-refractivity contribution < 1.29 is 14.8 Å². The molecule has 20 heavy (non-hydrogen) atoms. The van der Waals surface area contributed by atoms with Crippen LogP contribution in [0.4, 0.5) is 5.69 Å². The van der Waals surface area contributed by atoms with Crippen molar-refractivity contribution in [1.82, 2.24) is 5.32 Å². The Labute approximate surface area is 117 Å². The van der Waals surface area contributed by atoms with E-state index in [1.807, 2.05) is 0 Å². The molecule has 2 atom stereocenters. The monoisotopic (exact) mass is 278 g/mol. The van der Waals surface area contributed by atoms with Crippen LogP contribution in [0.25, 0.3) is 0 Å². The third-order valence-electron chi connectivity index (χ3n) is 3.62. The molecule has 0 spiro atoms. The molecule has 1 aliphatic rings. The minimum Gasteiger partial charge on any atom is -0.391 e. The Hall–Kier alpha value is -1.95. The zero-order valence-electron chi connectivity index (χ0n) is 11.1. The van der Waals surface area contributed by atoms with Crippen molar-refractivity contribution in [2.45, 2.75) is 44.2 Å². The summed E-state index contributed by atoms with van der Waals surface area (Å²) in [5.74, 6) is -0.375. The van der Waals surface area contributed by atoms with Gasteiger partial charge in [-0.15, -0.1) is 0 Å². The lowest BCUT2D eigenvalue weighted by molar-refractivity contribution is -0.384. The molecule has 0 saturated heterocycles. The zero-order chi connectivity index (χ0) is 14.5. The van der Waals surface area contributed by atoms with E-state index in [9.17, 15) is 20.0 Å². The van der Waals surface area contributed by atoms with Crippen LogP contribution in [0.1, 0.15) is 42.5 Å². The van der Waals surface area contributed by atoms with Crippen LogP contribution < -0.4 is 5.32 Å². The Balaban J connectivity index is 2.07. The van der Waals surface area contributed by atoms with Crippen molar-refractivity contribution in [3.05, 3.63) is 39.9 Å². The highest BCUT2D eigenvalue weighted by molar-refractivity contribution is 5.95. The first-order valence-electron chi connectivity index (χ1n) is 6.81. The average Bonchev–Trinajstić information content (AvgIpc) is 2.64. The molecule has 0 heterocycles. The summed E-state index contributed by atoms with van der Waals surface area (Å²) in [6.45, 7) is 0. The fraction of sp³-hybridized carbons (Fsp3) is 0.500. The van der Waals surface area contributed by atoms with Crippen LogP contribution in [0.3, 0.4) is 0 Å². The fourth-order valence-electron chi connectivity index (χ4n) is 2.47. The van der Waals surface area contributed by atoms with E-state index >= 15 is 0 Å². The predicted molar refractivity (Wildman–Crippen MR) is 73.4 cm³/mol.